The number of nitrogens with one attached hydrogen (secondary N) is 2. The molecule has 2 aliphatic carbocycles. The molecule has 4 aliphatic rings. The molecule has 6 unspecified atom stereocenters. The number of para-hydroxylation sites is 1. The smallest absolute Gasteiger partial charge is 0.338 e. The third kappa shape index (κ3) is 4.41. The minimum atomic E-state index is -0.495. The topological polar surface area (TPSA) is 135 Å². The highest BCUT2D eigenvalue weighted by Gasteiger charge is 2.69. The maximum Gasteiger partial charge on any atom is 0.338 e. The molecule has 3 aromatic rings. The normalized spacial score (nSPS) is 28.3. The molecule has 0 spiro atoms. The summed E-state index contributed by atoms with van der Waals surface area (Å²) in [6.45, 7) is 1.61. The van der Waals surface area contributed by atoms with Crippen LogP contribution in [0.5, 0.6) is 5.75 Å². The average Bonchev–Trinajstić information content (AvgIpc) is 3.73. The summed E-state index contributed by atoms with van der Waals surface area (Å²) in [5.41, 5.74) is 1.78. The van der Waals surface area contributed by atoms with E-state index in [1.54, 1.807) is 50.1 Å². The fourth-order valence-electron chi connectivity index (χ4n) is 7.75. The predicted molar refractivity (Wildman–Crippen MR) is 159 cm³/mol. The summed E-state index contributed by atoms with van der Waals surface area (Å²) in [7, 11) is 1.63. The molecule has 2 N–H and O–H groups in total. The molecule has 7 rings (SSSR count). The summed E-state index contributed by atoms with van der Waals surface area (Å²) in [6.07, 6.45) is 0.757. The van der Waals surface area contributed by atoms with Crippen molar-refractivity contribution in [1.29, 1.82) is 0 Å². The number of benzene rings is 2. The van der Waals surface area contributed by atoms with Gasteiger partial charge in [0.2, 0.25) is 17.7 Å². The van der Waals surface area contributed by atoms with Crippen molar-refractivity contribution in [2.75, 3.05) is 25.6 Å². The summed E-state index contributed by atoms with van der Waals surface area (Å²) >= 11 is 2.82. The van der Waals surface area contributed by atoms with E-state index in [2.05, 4.69) is 10.3 Å². The van der Waals surface area contributed by atoms with Crippen LogP contribution in [-0.4, -0.2) is 59.1 Å². The Bertz CT molecular complexity index is 1700. The first-order valence-electron chi connectivity index (χ1n) is 14.3. The number of anilines is 1. The Kier molecular flexibility index (Phi) is 6.93. The molecule has 3 amide bonds. The van der Waals surface area contributed by atoms with Crippen LogP contribution in [0.2, 0.25) is 0 Å². The lowest BCUT2D eigenvalue weighted by Crippen LogP contribution is -2.42. The van der Waals surface area contributed by atoms with Gasteiger partial charge >= 0.3 is 10.8 Å². The maximum absolute atomic E-state index is 13.8. The molecule has 3 heterocycles. The molecule has 2 aliphatic heterocycles. The number of nitrogens with zero attached hydrogens (tertiary/aromatic N) is 1. The quantitative estimate of drug-likeness (QED) is 0.302. The van der Waals surface area contributed by atoms with Gasteiger partial charge in [-0.25, -0.2) is 4.79 Å². The molecule has 2 bridgehead atoms. The molecule has 0 radical (unpaired) electrons. The third-order valence-electron chi connectivity index (χ3n) is 9.27. The van der Waals surface area contributed by atoms with Gasteiger partial charge in [0.25, 0.3) is 0 Å². The first kappa shape index (κ1) is 27.9. The predicted octanol–water partition coefficient (Wildman–Crippen LogP) is 3.73. The van der Waals surface area contributed by atoms with Crippen molar-refractivity contribution in [2.24, 2.45) is 29.6 Å². The Morgan fingerprint density at radius 1 is 1.02 bits per heavy atom. The average molecular weight is 620 g/mol. The highest BCUT2D eigenvalue weighted by atomic mass is 32.2. The van der Waals surface area contributed by atoms with Crippen LogP contribution in [0.3, 0.4) is 0 Å². The highest BCUT2D eigenvalue weighted by molar-refractivity contribution is 8.00. The standard InChI is InChI=1S/C31H29N3O7S2/c1-3-41-30(38)14-8-10-15(11-9-14)32-20(35)13-34-28(36)23-17-12-18(24(23)29(34)37)25-22(17)21(16-6-4-5-7-19(16)40-2)26-27(42-25)33-31(39)43-26/h4-11,17-18,21-25H,3,12-13H2,1-2H3,(H,32,35)(H,33,39)/t17?,18?,21-,22?,23?,24?,25?/m1/s1. The van der Waals surface area contributed by atoms with Crippen LogP contribution in [0.25, 0.3) is 0 Å². The van der Waals surface area contributed by atoms with E-state index in [1.807, 2.05) is 24.3 Å². The van der Waals surface area contributed by atoms with Crippen molar-refractivity contribution in [3.8, 4) is 5.75 Å². The van der Waals surface area contributed by atoms with Crippen LogP contribution in [0.4, 0.5) is 5.69 Å². The number of imide groups is 1. The first-order valence-corrected chi connectivity index (χ1v) is 15.9. The number of hydrogen-bond donors (Lipinski definition) is 2. The Morgan fingerprint density at radius 3 is 2.47 bits per heavy atom. The lowest BCUT2D eigenvalue weighted by molar-refractivity contribution is -0.143. The second kappa shape index (κ2) is 10.7. The summed E-state index contributed by atoms with van der Waals surface area (Å²) in [5.74, 6) is -2.00. The fourth-order valence-corrected chi connectivity index (χ4v) is 10.6. The minimum absolute atomic E-state index is 0.0370. The van der Waals surface area contributed by atoms with Crippen molar-refractivity contribution in [1.82, 2.24) is 9.88 Å². The Hall–Kier alpha value is -3.90. The molecule has 2 aromatic carbocycles. The second-order valence-electron chi connectivity index (χ2n) is 11.3. The third-order valence-corrected chi connectivity index (χ3v) is 11.9. The van der Waals surface area contributed by atoms with Gasteiger partial charge in [0.05, 0.1) is 36.1 Å². The van der Waals surface area contributed by atoms with Gasteiger partial charge in [0.1, 0.15) is 12.3 Å². The Balaban J connectivity index is 1.13. The van der Waals surface area contributed by atoms with Gasteiger partial charge in [-0.1, -0.05) is 29.5 Å². The van der Waals surface area contributed by atoms with Gasteiger partial charge in [0.15, 0.2) is 0 Å². The molecule has 222 valence electrons. The molecular weight excluding hydrogens is 590 g/mol. The molecule has 1 aromatic heterocycles. The summed E-state index contributed by atoms with van der Waals surface area (Å²) in [5, 5.41) is 3.60. The van der Waals surface area contributed by atoms with E-state index in [4.69, 9.17) is 9.47 Å². The first-order chi connectivity index (χ1) is 20.8. The van der Waals surface area contributed by atoms with Gasteiger partial charge in [-0.3, -0.25) is 24.1 Å². The van der Waals surface area contributed by atoms with Crippen molar-refractivity contribution in [2.45, 2.75) is 29.5 Å². The number of rotatable bonds is 7. The number of amides is 3. The van der Waals surface area contributed by atoms with Crippen LogP contribution in [0.15, 0.2) is 58.4 Å². The van der Waals surface area contributed by atoms with Crippen molar-refractivity contribution < 1.29 is 28.7 Å². The van der Waals surface area contributed by atoms with E-state index in [-0.39, 0.29) is 58.8 Å². The van der Waals surface area contributed by atoms with Crippen molar-refractivity contribution in [3.63, 3.8) is 0 Å². The monoisotopic (exact) mass is 619 g/mol. The van der Waals surface area contributed by atoms with E-state index < -0.39 is 23.7 Å². The number of thioether (sulfide) groups is 1. The van der Waals surface area contributed by atoms with Gasteiger partial charge in [0, 0.05) is 27.3 Å². The molecule has 1 saturated heterocycles. The number of H-pyrrole nitrogens is 1. The van der Waals surface area contributed by atoms with Crippen LogP contribution in [-0.2, 0) is 19.1 Å². The zero-order valence-electron chi connectivity index (χ0n) is 23.4. The molecule has 2 saturated carbocycles. The van der Waals surface area contributed by atoms with Gasteiger partial charge in [-0.15, -0.1) is 11.8 Å². The Labute approximate surface area is 255 Å². The van der Waals surface area contributed by atoms with Crippen LogP contribution >= 0.6 is 23.1 Å². The maximum atomic E-state index is 13.8. The lowest BCUT2D eigenvalue weighted by atomic mass is 9.68. The molecule has 43 heavy (non-hydrogen) atoms. The number of thiazole rings is 1. The number of aromatic amines is 1. The zero-order valence-corrected chi connectivity index (χ0v) is 25.0. The largest absolute Gasteiger partial charge is 0.496 e. The summed E-state index contributed by atoms with van der Waals surface area (Å²) in [6, 6.07) is 14.0. The van der Waals surface area contributed by atoms with E-state index in [0.29, 0.717) is 11.3 Å². The van der Waals surface area contributed by atoms with Gasteiger partial charge in [-0.05, 0) is 61.4 Å². The molecular formula is C31H29N3O7S2. The summed E-state index contributed by atoms with van der Waals surface area (Å²) < 4.78 is 10.7. The lowest BCUT2D eigenvalue weighted by Gasteiger charge is -2.43. The highest BCUT2D eigenvalue weighted by Crippen LogP contribution is 2.68. The number of hydrogen-bond acceptors (Lipinski definition) is 9. The molecule has 7 atom stereocenters. The number of aromatic nitrogens is 1. The van der Waals surface area contributed by atoms with E-state index in [0.717, 1.165) is 32.5 Å². The van der Waals surface area contributed by atoms with Crippen LogP contribution in [0, 0.1) is 29.6 Å². The molecule has 12 heteroatoms. The second-order valence-corrected chi connectivity index (χ2v) is 13.5. The number of ether oxygens (including phenoxy) is 2. The van der Waals surface area contributed by atoms with Crippen molar-refractivity contribution >= 4 is 52.5 Å². The number of carbonyl (C=O) groups is 4. The van der Waals surface area contributed by atoms with Crippen LogP contribution in [0.1, 0.15) is 40.1 Å². The van der Waals surface area contributed by atoms with Crippen LogP contribution < -0.4 is 14.9 Å². The number of methoxy groups -OCH3 is 1. The van der Waals surface area contributed by atoms with E-state index >= 15 is 0 Å². The minimum Gasteiger partial charge on any atom is -0.496 e. The fraction of sp³-hybridized carbons (Fsp3) is 0.387. The SMILES string of the molecule is CCOC(=O)c1ccc(NC(=O)CN2C(=O)C3C4CC(C3C2=O)C2C4Sc3[nH]c(=O)sc3[C@@H]2c2ccccc2OC)cc1. The van der Waals surface area contributed by atoms with Gasteiger partial charge < -0.3 is 19.8 Å². The van der Waals surface area contributed by atoms with E-state index in [1.165, 1.54) is 11.3 Å². The number of fused-ring (bicyclic) bond motifs is 9. The van der Waals surface area contributed by atoms with Gasteiger partial charge in [-0.2, -0.15) is 0 Å². The molecule has 3 fully saturated rings. The number of esters is 1. The van der Waals surface area contributed by atoms with Crippen molar-refractivity contribution in [3.05, 3.63) is 74.2 Å². The number of carbonyl (C=O) groups excluding carboxylic acids is 4. The summed E-state index contributed by atoms with van der Waals surface area (Å²) in [4.78, 5) is 69.9. The zero-order chi connectivity index (χ0) is 30.0. The Morgan fingerprint density at radius 2 is 1.74 bits per heavy atom. The number of likely N-dealkylation sites (tertiary alicyclic amines) is 1. The van der Waals surface area contributed by atoms with E-state index in [9.17, 15) is 24.0 Å². The molecule has 10 nitrogen and oxygen atoms in total.